The highest BCUT2D eigenvalue weighted by molar-refractivity contribution is 5.89. The van der Waals surface area contributed by atoms with Gasteiger partial charge in [-0.1, -0.05) is 50.2 Å². The van der Waals surface area contributed by atoms with Gasteiger partial charge in [-0.05, 0) is 50.5 Å². The molecule has 0 aromatic heterocycles. The first-order chi connectivity index (χ1) is 13.3. The quantitative estimate of drug-likeness (QED) is 0.457. The van der Waals surface area contributed by atoms with Gasteiger partial charge < -0.3 is 0 Å². The maximum absolute atomic E-state index is 12.1. The fourth-order valence-corrected chi connectivity index (χ4v) is 2.41. The van der Waals surface area contributed by atoms with E-state index < -0.39 is 23.6 Å². The summed E-state index contributed by atoms with van der Waals surface area (Å²) < 4.78 is 0. The fraction of sp³-hybridized carbons (Fsp3) is 0.364. The molecular formula is C22H26O6. The fourth-order valence-electron chi connectivity index (χ4n) is 2.41. The molecule has 2 aromatic rings. The number of rotatable bonds is 9. The third kappa shape index (κ3) is 6.48. The number of carbonyl (C=O) groups excluding carboxylic acids is 2. The monoisotopic (exact) mass is 386 g/mol. The van der Waals surface area contributed by atoms with Crippen molar-refractivity contribution in [3.05, 3.63) is 71.8 Å². The summed E-state index contributed by atoms with van der Waals surface area (Å²) in [6.07, 6.45) is -0.124. The zero-order valence-electron chi connectivity index (χ0n) is 16.6. The molecular weight excluding hydrogens is 360 g/mol. The van der Waals surface area contributed by atoms with Crippen LogP contribution in [0.2, 0.25) is 0 Å². The largest absolute Gasteiger partial charge is 0.373 e. The molecule has 0 aliphatic rings. The highest BCUT2D eigenvalue weighted by atomic mass is 17.2. The minimum atomic E-state index is -1.05. The van der Waals surface area contributed by atoms with Crippen molar-refractivity contribution in [2.75, 3.05) is 0 Å². The molecule has 0 radical (unpaired) electrons. The molecule has 0 aliphatic carbocycles. The summed E-state index contributed by atoms with van der Waals surface area (Å²) in [5.74, 6) is -0.988. The zero-order chi connectivity index (χ0) is 20.6. The molecule has 2 aromatic carbocycles. The summed E-state index contributed by atoms with van der Waals surface area (Å²) in [5.41, 5.74) is -0.304. The summed E-state index contributed by atoms with van der Waals surface area (Å²) in [6.45, 7) is 7.41. The first kappa shape index (κ1) is 21.6. The average Bonchev–Trinajstić information content (AvgIpc) is 2.70. The van der Waals surface area contributed by atoms with Crippen molar-refractivity contribution in [3.63, 3.8) is 0 Å². The van der Waals surface area contributed by atoms with Crippen LogP contribution in [0.1, 0.15) is 54.8 Å². The highest BCUT2D eigenvalue weighted by Crippen LogP contribution is 2.25. The van der Waals surface area contributed by atoms with E-state index in [9.17, 15) is 9.59 Å². The Kier molecular flexibility index (Phi) is 7.72. The van der Waals surface area contributed by atoms with Crippen LogP contribution in [-0.4, -0.2) is 23.6 Å². The summed E-state index contributed by atoms with van der Waals surface area (Å²) in [4.78, 5) is 45.0. The molecule has 0 spiro atoms. The topological polar surface area (TPSA) is 71.1 Å². The molecule has 1 atom stereocenters. The second-order valence-electron chi connectivity index (χ2n) is 7.37. The van der Waals surface area contributed by atoms with E-state index in [0.717, 1.165) is 0 Å². The molecule has 0 bridgehead atoms. The lowest BCUT2D eigenvalue weighted by Crippen LogP contribution is -2.43. The van der Waals surface area contributed by atoms with Gasteiger partial charge in [0, 0.05) is 0 Å². The molecule has 0 fully saturated rings. The van der Waals surface area contributed by atoms with Gasteiger partial charge in [0.2, 0.25) is 0 Å². The number of carbonyl (C=O) groups is 2. The van der Waals surface area contributed by atoms with Gasteiger partial charge in [-0.15, -0.1) is 0 Å². The van der Waals surface area contributed by atoms with Gasteiger partial charge in [-0.3, -0.25) is 9.78 Å². The molecule has 0 heterocycles. The predicted octanol–water partition coefficient (Wildman–Crippen LogP) is 4.76. The van der Waals surface area contributed by atoms with Crippen LogP contribution in [-0.2, 0) is 19.6 Å². The van der Waals surface area contributed by atoms with E-state index in [0.29, 0.717) is 17.5 Å². The highest BCUT2D eigenvalue weighted by Gasteiger charge is 2.37. The van der Waals surface area contributed by atoms with Crippen LogP contribution in [0.15, 0.2) is 60.7 Å². The van der Waals surface area contributed by atoms with Crippen LogP contribution in [0.3, 0.4) is 0 Å². The Bertz CT molecular complexity index is 755. The van der Waals surface area contributed by atoms with E-state index >= 15 is 0 Å². The summed E-state index contributed by atoms with van der Waals surface area (Å²) in [5, 5.41) is 0. The Balaban J connectivity index is 1.99. The van der Waals surface area contributed by atoms with Crippen LogP contribution < -0.4 is 0 Å². The molecule has 0 N–H and O–H groups in total. The number of benzene rings is 2. The third-order valence-electron chi connectivity index (χ3n) is 4.05. The Labute approximate surface area is 165 Å². The SMILES string of the molecule is CC(C)CC(OOC(=O)c1ccccc1)C(C)(C)OOC(=O)c1ccccc1. The Morgan fingerprint density at radius 1 is 0.821 bits per heavy atom. The maximum atomic E-state index is 12.1. The predicted molar refractivity (Wildman–Crippen MR) is 103 cm³/mol. The summed E-state index contributed by atoms with van der Waals surface area (Å²) >= 11 is 0. The van der Waals surface area contributed by atoms with E-state index in [1.165, 1.54) is 0 Å². The molecule has 2 rings (SSSR count). The van der Waals surface area contributed by atoms with Crippen LogP contribution >= 0.6 is 0 Å². The van der Waals surface area contributed by atoms with E-state index in [-0.39, 0.29) is 5.92 Å². The smallest absolute Gasteiger partial charge is 0.292 e. The average molecular weight is 386 g/mol. The molecule has 6 heteroatoms. The van der Waals surface area contributed by atoms with Gasteiger partial charge in [0.05, 0.1) is 11.1 Å². The van der Waals surface area contributed by atoms with Crippen LogP contribution in [0.4, 0.5) is 0 Å². The lowest BCUT2D eigenvalue weighted by molar-refractivity contribution is -0.376. The molecule has 0 saturated carbocycles. The molecule has 6 nitrogen and oxygen atoms in total. The number of hydrogen-bond donors (Lipinski definition) is 0. The van der Waals surface area contributed by atoms with Gasteiger partial charge in [0.15, 0.2) is 0 Å². The molecule has 1 unspecified atom stereocenters. The third-order valence-corrected chi connectivity index (χ3v) is 4.05. The molecule has 150 valence electrons. The lowest BCUT2D eigenvalue weighted by Gasteiger charge is -2.31. The first-order valence-electron chi connectivity index (χ1n) is 9.17. The van der Waals surface area contributed by atoms with Crippen molar-refractivity contribution >= 4 is 11.9 Å². The van der Waals surface area contributed by atoms with Crippen molar-refractivity contribution in [3.8, 4) is 0 Å². The van der Waals surface area contributed by atoms with E-state index in [4.69, 9.17) is 19.6 Å². The second kappa shape index (κ2) is 10.0. The van der Waals surface area contributed by atoms with Crippen molar-refractivity contribution in [1.29, 1.82) is 0 Å². The van der Waals surface area contributed by atoms with Crippen molar-refractivity contribution in [2.24, 2.45) is 5.92 Å². The van der Waals surface area contributed by atoms with E-state index in [1.807, 2.05) is 13.8 Å². The van der Waals surface area contributed by atoms with Gasteiger partial charge in [0.25, 0.3) is 0 Å². The van der Waals surface area contributed by atoms with Crippen molar-refractivity contribution < 1.29 is 29.1 Å². The normalized spacial score (nSPS) is 12.5. The van der Waals surface area contributed by atoms with E-state index in [2.05, 4.69) is 0 Å². The second-order valence-corrected chi connectivity index (χ2v) is 7.37. The van der Waals surface area contributed by atoms with Crippen molar-refractivity contribution in [2.45, 2.75) is 45.8 Å². The Morgan fingerprint density at radius 2 is 1.29 bits per heavy atom. The lowest BCUT2D eigenvalue weighted by atomic mass is 9.93. The van der Waals surface area contributed by atoms with Crippen LogP contribution in [0, 0.1) is 5.92 Å². The van der Waals surface area contributed by atoms with Gasteiger partial charge in [-0.25, -0.2) is 9.59 Å². The number of hydrogen-bond acceptors (Lipinski definition) is 6. The van der Waals surface area contributed by atoms with Crippen molar-refractivity contribution in [1.82, 2.24) is 0 Å². The maximum Gasteiger partial charge on any atom is 0.373 e. The van der Waals surface area contributed by atoms with E-state index in [1.54, 1.807) is 74.5 Å². The minimum Gasteiger partial charge on any atom is -0.292 e. The summed E-state index contributed by atoms with van der Waals surface area (Å²) in [7, 11) is 0. The van der Waals surface area contributed by atoms with Gasteiger partial charge in [-0.2, -0.15) is 9.78 Å². The molecule has 0 saturated heterocycles. The van der Waals surface area contributed by atoms with Crippen LogP contribution in [0.25, 0.3) is 0 Å². The van der Waals surface area contributed by atoms with Gasteiger partial charge in [0.1, 0.15) is 11.7 Å². The Morgan fingerprint density at radius 3 is 1.75 bits per heavy atom. The first-order valence-corrected chi connectivity index (χ1v) is 9.17. The zero-order valence-corrected chi connectivity index (χ0v) is 16.6. The Hall–Kier alpha value is -2.70. The van der Waals surface area contributed by atoms with Crippen LogP contribution in [0.5, 0.6) is 0 Å². The molecule has 0 aliphatic heterocycles. The molecule has 28 heavy (non-hydrogen) atoms. The summed E-state index contributed by atoms with van der Waals surface area (Å²) in [6, 6.07) is 17.1. The minimum absolute atomic E-state index is 0.230. The van der Waals surface area contributed by atoms with Gasteiger partial charge >= 0.3 is 11.9 Å². The standard InChI is InChI=1S/C22H26O6/c1-16(2)15-19(25-26-20(23)17-11-7-5-8-12-17)22(3,4)28-27-21(24)18-13-9-6-10-14-18/h5-14,16,19H,15H2,1-4H3. The molecule has 0 amide bonds.